The molecule has 0 radical (unpaired) electrons. The fourth-order valence-electron chi connectivity index (χ4n) is 15.7. The van der Waals surface area contributed by atoms with E-state index in [0.29, 0.717) is 23.9 Å². The van der Waals surface area contributed by atoms with Gasteiger partial charge in [0.1, 0.15) is 11.6 Å². The van der Waals surface area contributed by atoms with Crippen molar-refractivity contribution in [3.63, 3.8) is 0 Å². The largest absolute Gasteiger partial charge is 0.388 e. The van der Waals surface area contributed by atoms with Crippen LogP contribution in [0.2, 0.25) is 10.0 Å². The smallest absolute Gasteiger partial charge is 0.141 e. The van der Waals surface area contributed by atoms with Gasteiger partial charge in [0.2, 0.25) is 0 Å². The fourth-order valence-corrected chi connectivity index (χ4v) is 16.1. The molecule has 0 heterocycles. The first kappa shape index (κ1) is 139. The minimum Gasteiger partial charge on any atom is -0.388 e. The van der Waals surface area contributed by atoms with Gasteiger partial charge in [-0.3, -0.25) is 0 Å². The van der Waals surface area contributed by atoms with Crippen molar-refractivity contribution in [2.75, 3.05) is 14.1 Å². The predicted octanol–water partition coefficient (Wildman–Crippen LogP) is 41.1. The molecule has 10 aromatic rings. The van der Waals surface area contributed by atoms with Gasteiger partial charge in [-0.25, -0.2) is 8.78 Å². The number of hydrogen-bond donors (Lipinski definition) is 2. The van der Waals surface area contributed by atoms with Crippen LogP contribution in [0.1, 0.15) is 386 Å². The number of aliphatic hydroxyl groups excluding tert-OH is 1. The number of nitrogens with two attached hydrogens (primary N) is 1. The number of benzene rings is 10. The molecule has 0 fully saturated rings. The molecule has 3 N–H and O–H groups in total. The lowest BCUT2D eigenvalue weighted by Gasteiger charge is -2.26. The van der Waals surface area contributed by atoms with E-state index in [9.17, 15) is 13.9 Å². The second-order valence-corrected chi connectivity index (χ2v) is 43.8. The standard InChI is InChI=1S/C14H23N.C14H22.C13H19Cl.C13H19F.3C13H20.C12H16ClF.C12H19N.C12H18O.4CH4/c1-12(2)10-14(15(3)4)11-13-8-6-5-7-9-13;1-13(2)9-5-3-6-10-14-11-7-4-8-12-14;1-10(2)5-4-6-12-8-7-11(3)13(14)9-12;1-10(2)5-4-6-12-7-8-13(14)11(3)9-12;2*1-11(2)6-4-8-13-9-5-7-12(3)10-13;1-11(2)5-4-6-13-9-7-12(3)8-10-13;1-9(2)4-3-5-10-6-7-12(14)11(13)8-10;1-10(2)8-12(13)9-11-6-4-3-5-7-11;1-10(2)8-9-12(13)11-6-4-3-5-7-11;;;;/h5-9,12,14H,10-11H2,1-4H3;4,7-8,11-13H,3,5-6,9-10H2,1-2H3;2*7-10H,4-6H2,1-3H3;2*5,7,9-11H,4,6,8H2,1-3H3;7-11H,4-6H2,1-3H3;6-9H,3-5H2,1-2H3;3-7,10,12H,8-9,13H2,1-2H3;3-7,10,12-13H,8-9H2,1-2H3;4*1H4. The number of hydrogen-bond acceptors (Lipinski definition) is 3. The second-order valence-electron chi connectivity index (χ2n) is 43.0. The molecule has 0 saturated heterocycles. The Hall–Kier alpha value is -7.48. The summed E-state index contributed by atoms with van der Waals surface area (Å²) < 4.78 is 25.8. The lowest BCUT2D eigenvalue weighted by Crippen LogP contribution is -2.31. The van der Waals surface area contributed by atoms with Crippen molar-refractivity contribution >= 4 is 23.2 Å². The monoisotopic (exact) mass is 1960 g/mol. The average Bonchev–Trinajstić information content (AvgIpc) is 0.888. The Morgan fingerprint density at radius 2 is 0.571 bits per heavy atom. The van der Waals surface area contributed by atoms with Gasteiger partial charge in [-0.15, -0.1) is 0 Å². The van der Waals surface area contributed by atoms with Gasteiger partial charge in [0.05, 0.1) is 11.1 Å². The molecule has 0 aliphatic carbocycles. The van der Waals surface area contributed by atoms with Crippen molar-refractivity contribution in [1.82, 2.24) is 4.90 Å². The summed E-state index contributed by atoms with van der Waals surface area (Å²) >= 11 is 11.7. The van der Waals surface area contributed by atoms with Gasteiger partial charge in [0.15, 0.2) is 0 Å². The molecule has 10 aromatic carbocycles. The highest BCUT2D eigenvalue weighted by Gasteiger charge is 2.15. The number of unbranched alkanes of at least 4 members (excludes halogenated alkanes) is 2. The zero-order valence-corrected chi connectivity index (χ0v) is 92.7. The highest BCUT2D eigenvalue weighted by atomic mass is 35.5. The molecule has 10 rings (SSSR count). The molecule has 0 bridgehead atoms. The van der Waals surface area contributed by atoms with E-state index in [1.807, 2.05) is 68.4 Å². The van der Waals surface area contributed by atoms with Crippen molar-refractivity contribution in [2.24, 2.45) is 64.9 Å². The van der Waals surface area contributed by atoms with Gasteiger partial charge in [0, 0.05) is 17.1 Å². The summed E-state index contributed by atoms with van der Waals surface area (Å²) in [6, 6.07) is 86.1. The maximum absolute atomic E-state index is 12.9. The third-order valence-electron chi connectivity index (χ3n) is 23.9. The molecular formula is C133H212Cl2F2N2O. The summed E-state index contributed by atoms with van der Waals surface area (Å²) in [4.78, 5) is 2.34. The van der Waals surface area contributed by atoms with E-state index in [2.05, 4.69) is 354 Å². The molecule has 3 unspecified atom stereocenters. The highest BCUT2D eigenvalue weighted by Crippen LogP contribution is 2.25. The molecule has 7 heteroatoms. The summed E-state index contributed by atoms with van der Waals surface area (Å²) in [6.07, 6.45) is 35.2. The first-order valence-corrected chi connectivity index (χ1v) is 53.7. The Bertz CT molecular complexity index is 4250. The SMILES string of the molecule is C.C.C.C.CC(C)CC(Cc1ccccc1)N(C)C.CC(C)CC(N)Cc1ccccc1.CC(C)CCC(O)c1ccccc1.CC(C)CCCCCc1ccccc1.CC(C)CCCc1ccc(F)c(Cl)c1.Cc1cc(CCCC(C)C)ccc1F.Cc1ccc(CCCC(C)C)cc1.Cc1ccc(CCCC(C)C)cc1Cl.Cc1cccc(CCCC(C)C)c1.Cc1cccc(CCCC(C)C)c1. The fraction of sp³-hybridized carbons (Fsp3) is 0.549. The molecule has 0 aromatic heterocycles. The van der Waals surface area contributed by atoms with Crippen LogP contribution in [0.25, 0.3) is 0 Å². The van der Waals surface area contributed by atoms with E-state index in [4.69, 9.17) is 28.9 Å². The van der Waals surface area contributed by atoms with Crippen LogP contribution in [-0.2, 0) is 57.8 Å². The third kappa shape index (κ3) is 79.0. The van der Waals surface area contributed by atoms with Crippen molar-refractivity contribution in [1.29, 1.82) is 0 Å². The van der Waals surface area contributed by atoms with Crippen LogP contribution in [0.3, 0.4) is 0 Å². The summed E-state index contributed by atoms with van der Waals surface area (Å²) in [6.45, 7) is 55.4. The van der Waals surface area contributed by atoms with Crippen LogP contribution in [0.15, 0.2) is 249 Å². The van der Waals surface area contributed by atoms with Crippen molar-refractivity contribution in [3.8, 4) is 0 Å². The quantitative estimate of drug-likeness (QED) is 0.0375. The van der Waals surface area contributed by atoms with Gasteiger partial charge in [-0.2, -0.15) is 0 Å². The van der Waals surface area contributed by atoms with E-state index in [1.54, 1.807) is 12.1 Å². The molecule has 0 saturated carbocycles. The van der Waals surface area contributed by atoms with Crippen LogP contribution in [0.4, 0.5) is 8.78 Å². The zero-order chi connectivity index (χ0) is 102. The summed E-state index contributed by atoms with van der Waals surface area (Å²) in [5, 5.41) is 10.9. The van der Waals surface area contributed by atoms with E-state index < -0.39 is 0 Å². The topological polar surface area (TPSA) is 49.5 Å². The van der Waals surface area contributed by atoms with Crippen molar-refractivity contribution in [2.45, 2.75) is 407 Å². The molecule has 3 atom stereocenters. The molecule has 0 spiro atoms. The van der Waals surface area contributed by atoms with Crippen LogP contribution in [-0.4, -0.2) is 36.2 Å². The average molecular weight is 1960 g/mol. The lowest BCUT2D eigenvalue weighted by atomic mass is 9.96. The summed E-state index contributed by atoms with van der Waals surface area (Å²) in [5.41, 5.74) is 25.5. The number of aliphatic hydroxyl groups is 1. The predicted molar refractivity (Wildman–Crippen MR) is 629 cm³/mol. The van der Waals surface area contributed by atoms with Gasteiger partial charge in [-0.1, -0.05) is 490 Å². The van der Waals surface area contributed by atoms with Crippen LogP contribution in [0, 0.1) is 105 Å². The molecule has 0 aliphatic rings. The number of aryl methyl sites for hydroxylation is 12. The third-order valence-corrected chi connectivity index (χ3v) is 24.6. The van der Waals surface area contributed by atoms with Crippen LogP contribution >= 0.6 is 23.2 Å². The van der Waals surface area contributed by atoms with E-state index in [0.717, 1.165) is 127 Å². The van der Waals surface area contributed by atoms with Gasteiger partial charge < -0.3 is 15.7 Å². The molecular weight excluding hydrogens is 1750 g/mol. The summed E-state index contributed by atoms with van der Waals surface area (Å²) in [7, 11) is 4.35. The van der Waals surface area contributed by atoms with E-state index in [1.165, 1.54) is 201 Å². The first-order valence-electron chi connectivity index (χ1n) is 53.0. The maximum Gasteiger partial charge on any atom is 0.141 e. The number of halogens is 4. The van der Waals surface area contributed by atoms with E-state index >= 15 is 0 Å². The summed E-state index contributed by atoms with van der Waals surface area (Å²) in [5.74, 6) is 7.36. The molecule has 0 aliphatic heterocycles. The first-order chi connectivity index (χ1) is 64.6. The van der Waals surface area contributed by atoms with Crippen LogP contribution < -0.4 is 5.73 Å². The zero-order valence-electron chi connectivity index (χ0n) is 91.2. The molecule has 3 nitrogen and oxygen atoms in total. The minimum atomic E-state index is -0.334. The normalized spacial score (nSPS) is 11.3. The molecule has 0 amide bonds. The Balaban J connectivity index is -0.000000732. The minimum absolute atomic E-state index is 0. The van der Waals surface area contributed by atoms with Gasteiger partial charge in [0.25, 0.3) is 0 Å². The number of rotatable bonds is 43. The van der Waals surface area contributed by atoms with Crippen molar-refractivity contribution < 1.29 is 13.9 Å². The Morgan fingerprint density at radius 1 is 0.264 bits per heavy atom. The molecule has 788 valence electrons. The highest BCUT2D eigenvalue weighted by molar-refractivity contribution is 6.31. The number of nitrogens with zero attached hydrogens (tertiary/aromatic N) is 1. The molecule has 140 heavy (non-hydrogen) atoms. The van der Waals surface area contributed by atoms with Crippen molar-refractivity contribution in [3.05, 3.63) is 354 Å². The Labute approximate surface area is 875 Å². The Morgan fingerprint density at radius 3 is 0.929 bits per heavy atom. The number of likely N-dealkylation sites (N-methyl/N-ethyl adjacent to an activating group) is 1. The van der Waals surface area contributed by atoms with E-state index in [-0.39, 0.29) is 52.5 Å². The van der Waals surface area contributed by atoms with Crippen LogP contribution in [0.5, 0.6) is 0 Å². The van der Waals surface area contributed by atoms with Gasteiger partial charge in [-0.05, 0) is 327 Å². The van der Waals surface area contributed by atoms with Gasteiger partial charge >= 0.3 is 0 Å². The lowest BCUT2D eigenvalue weighted by molar-refractivity contribution is 0.159. The maximum atomic E-state index is 12.9. The second kappa shape index (κ2) is 85.9. The Kier molecular flexibility index (Phi) is 85.1.